The zero-order chi connectivity index (χ0) is 16.9. The number of ether oxygens (including phenoxy) is 1. The average molecular weight is 339 g/mol. The van der Waals surface area contributed by atoms with Gasteiger partial charge in [0.25, 0.3) is 0 Å². The van der Waals surface area contributed by atoms with Crippen LogP contribution >= 0.6 is 11.8 Å². The van der Waals surface area contributed by atoms with Crippen molar-refractivity contribution in [2.75, 3.05) is 12.4 Å². The van der Waals surface area contributed by atoms with Gasteiger partial charge in [-0.05, 0) is 25.1 Å². The average Bonchev–Trinajstić information content (AvgIpc) is 2.62. The number of hydrogen-bond acceptors (Lipinski definition) is 5. The van der Waals surface area contributed by atoms with Crippen LogP contribution in [0, 0.1) is 0 Å². The maximum absolute atomic E-state index is 12.5. The van der Waals surface area contributed by atoms with E-state index in [1.54, 1.807) is 7.11 Å². The smallest absolute Gasteiger partial charge is 0.237 e. The van der Waals surface area contributed by atoms with Crippen LogP contribution in [-0.4, -0.2) is 28.2 Å². The quantitative estimate of drug-likeness (QED) is 0.566. The number of hydrogen-bond donors (Lipinski definition) is 1. The maximum atomic E-state index is 12.5. The Morgan fingerprint density at radius 1 is 1.12 bits per heavy atom. The van der Waals surface area contributed by atoms with Crippen LogP contribution < -0.4 is 10.1 Å². The van der Waals surface area contributed by atoms with Crippen LogP contribution in [0.4, 0.5) is 5.69 Å². The highest BCUT2D eigenvalue weighted by atomic mass is 32.2. The molecule has 0 aliphatic rings. The third kappa shape index (κ3) is 3.49. The predicted molar refractivity (Wildman–Crippen MR) is 96.5 cm³/mol. The van der Waals surface area contributed by atoms with Crippen molar-refractivity contribution in [2.45, 2.75) is 17.2 Å². The van der Waals surface area contributed by atoms with Gasteiger partial charge in [0.2, 0.25) is 5.91 Å². The van der Waals surface area contributed by atoms with Gasteiger partial charge < -0.3 is 10.1 Å². The summed E-state index contributed by atoms with van der Waals surface area (Å²) in [6, 6.07) is 15.1. The van der Waals surface area contributed by atoms with Gasteiger partial charge in [-0.2, -0.15) is 0 Å². The van der Waals surface area contributed by atoms with Crippen molar-refractivity contribution in [3.63, 3.8) is 0 Å². The van der Waals surface area contributed by atoms with Crippen molar-refractivity contribution in [1.29, 1.82) is 0 Å². The molecule has 0 radical (unpaired) electrons. The Kier molecular flexibility index (Phi) is 4.96. The van der Waals surface area contributed by atoms with E-state index in [4.69, 9.17) is 4.74 Å². The summed E-state index contributed by atoms with van der Waals surface area (Å²) in [5, 5.41) is 4.33. The Hall–Kier alpha value is -2.60. The van der Waals surface area contributed by atoms with E-state index in [9.17, 15) is 4.79 Å². The number of carbonyl (C=O) groups excluding carboxylic acids is 1. The molecular formula is C18H17N3O2S. The molecule has 122 valence electrons. The van der Waals surface area contributed by atoms with E-state index in [1.165, 1.54) is 18.1 Å². The fraction of sp³-hybridized carbons (Fsp3) is 0.167. The SMILES string of the molecule is COc1ccccc1NC(=O)[C@@H](C)Sc1ncnc2ccccc12. The van der Waals surface area contributed by atoms with Gasteiger partial charge in [0.15, 0.2) is 0 Å². The molecule has 1 aromatic heterocycles. The number of aromatic nitrogens is 2. The predicted octanol–water partition coefficient (Wildman–Crippen LogP) is 3.76. The molecule has 1 atom stereocenters. The molecule has 3 rings (SSSR count). The molecule has 24 heavy (non-hydrogen) atoms. The highest BCUT2D eigenvalue weighted by Crippen LogP contribution is 2.29. The maximum Gasteiger partial charge on any atom is 0.237 e. The molecule has 0 aliphatic carbocycles. The van der Waals surface area contributed by atoms with Gasteiger partial charge in [-0.1, -0.05) is 42.1 Å². The number of anilines is 1. The van der Waals surface area contributed by atoms with Crippen molar-refractivity contribution in [3.8, 4) is 5.75 Å². The van der Waals surface area contributed by atoms with Gasteiger partial charge in [0, 0.05) is 5.39 Å². The van der Waals surface area contributed by atoms with Crippen molar-refractivity contribution >= 4 is 34.3 Å². The Morgan fingerprint density at radius 3 is 2.71 bits per heavy atom. The van der Waals surface area contributed by atoms with E-state index in [-0.39, 0.29) is 11.2 Å². The number of thioether (sulfide) groups is 1. The van der Waals surface area contributed by atoms with Crippen molar-refractivity contribution < 1.29 is 9.53 Å². The van der Waals surface area contributed by atoms with Gasteiger partial charge in [-0.15, -0.1) is 0 Å². The van der Waals surface area contributed by atoms with Crippen LogP contribution in [0.5, 0.6) is 5.75 Å². The molecule has 0 bridgehead atoms. The van der Waals surface area contributed by atoms with Gasteiger partial charge in [-0.3, -0.25) is 4.79 Å². The van der Waals surface area contributed by atoms with Crippen LogP contribution in [0.15, 0.2) is 59.9 Å². The number of carbonyl (C=O) groups is 1. The molecule has 2 aromatic carbocycles. The zero-order valence-electron chi connectivity index (χ0n) is 13.4. The molecule has 0 unspecified atom stereocenters. The fourth-order valence-corrected chi connectivity index (χ4v) is 3.19. The molecule has 5 nitrogen and oxygen atoms in total. The van der Waals surface area contributed by atoms with Gasteiger partial charge in [0.05, 0.1) is 23.6 Å². The van der Waals surface area contributed by atoms with E-state index < -0.39 is 0 Å². The molecule has 3 aromatic rings. The number of benzene rings is 2. The summed E-state index contributed by atoms with van der Waals surface area (Å²) in [5.41, 5.74) is 1.53. The summed E-state index contributed by atoms with van der Waals surface area (Å²) in [7, 11) is 1.58. The Labute approximate surface area is 144 Å². The fourth-order valence-electron chi connectivity index (χ4n) is 2.28. The monoisotopic (exact) mass is 339 g/mol. The first-order valence-corrected chi connectivity index (χ1v) is 8.37. The molecule has 0 fully saturated rings. The molecule has 0 saturated carbocycles. The van der Waals surface area contributed by atoms with Crippen molar-refractivity contribution in [1.82, 2.24) is 9.97 Å². The lowest BCUT2D eigenvalue weighted by Crippen LogP contribution is -2.22. The summed E-state index contributed by atoms with van der Waals surface area (Å²) in [6.45, 7) is 1.85. The molecule has 1 N–H and O–H groups in total. The third-order valence-corrected chi connectivity index (χ3v) is 4.64. The van der Waals surface area contributed by atoms with Crippen molar-refractivity contribution in [2.24, 2.45) is 0 Å². The number of nitrogens with zero attached hydrogens (tertiary/aromatic N) is 2. The van der Waals surface area contributed by atoms with E-state index in [2.05, 4.69) is 15.3 Å². The van der Waals surface area contributed by atoms with Gasteiger partial charge >= 0.3 is 0 Å². The largest absolute Gasteiger partial charge is 0.495 e. The zero-order valence-corrected chi connectivity index (χ0v) is 14.2. The lowest BCUT2D eigenvalue weighted by molar-refractivity contribution is -0.115. The lowest BCUT2D eigenvalue weighted by Gasteiger charge is -2.14. The molecule has 0 aliphatic heterocycles. The second-order valence-electron chi connectivity index (χ2n) is 5.15. The summed E-state index contributed by atoms with van der Waals surface area (Å²) in [6.07, 6.45) is 1.52. The standard InChI is InChI=1S/C18H17N3O2S/c1-12(17(22)21-15-9-5-6-10-16(15)23-2)24-18-13-7-3-4-8-14(13)19-11-20-18/h3-12H,1-2H3,(H,21,22)/t12-/m1/s1. The molecule has 0 spiro atoms. The second-order valence-corrected chi connectivity index (χ2v) is 6.48. The minimum atomic E-state index is -0.312. The normalized spacial score (nSPS) is 11.9. The lowest BCUT2D eigenvalue weighted by atomic mass is 10.2. The first kappa shape index (κ1) is 16.3. The molecule has 1 amide bonds. The van der Waals surface area contributed by atoms with E-state index >= 15 is 0 Å². The highest BCUT2D eigenvalue weighted by Gasteiger charge is 2.18. The Balaban J connectivity index is 1.76. The minimum Gasteiger partial charge on any atom is -0.495 e. The molecular weight excluding hydrogens is 322 g/mol. The Morgan fingerprint density at radius 2 is 1.88 bits per heavy atom. The first-order valence-electron chi connectivity index (χ1n) is 7.49. The Bertz CT molecular complexity index is 864. The minimum absolute atomic E-state index is 0.104. The topological polar surface area (TPSA) is 64.1 Å². The summed E-state index contributed by atoms with van der Waals surface area (Å²) in [5.74, 6) is 0.530. The number of amides is 1. The van der Waals surface area contributed by atoms with Crippen LogP contribution in [-0.2, 0) is 4.79 Å². The number of fused-ring (bicyclic) bond motifs is 1. The summed E-state index contributed by atoms with van der Waals surface area (Å²) < 4.78 is 5.26. The van der Waals surface area contributed by atoms with Crippen LogP contribution in [0.25, 0.3) is 10.9 Å². The highest BCUT2D eigenvalue weighted by molar-refractivity contribution is 8.00. The number of methoxy groups -OCH3 is 1. The second kappa shape index (κ2) is 7.31. The summed E-state index contributed by atoms with van der Waals surface area (Å²) >= 11 is 1.41. The first-order chi connectivity index (χ1) is 11.7. The van der Waals surface area contributed by atoms with Gasteiger partial charge in [-0.25, -0.2) is 9.97 Å². The van der Waals surface area contributed by atoms with Crippen molar-refractivity contribution in [3.05, 3.63) is 54.9 Å². The van der Waals surface area contributed by atoms with E-state index in [0.717, 1.165) is 15.9 Å². The third-order valence-electron chi connectivity index (χ3n) is 3.53. The number of nitrogens with one attached hydrogen (secondary N) is 1. The van der Waals surface area contributed by atoms with E-state index in [1.807, 2.05) is 55.5 Å². The molecule has 0 saturated heterocycles. The summed E-state index contributed by atoms with van der Waals surface area (Å²) in [4.78, 5) is 21.1. The van der Waals surface area contributed by atoms with E-state index in [0.29, 0.717) is 11.4 Å². The number of para-hydroxylation sites is 3. The molecule has 6 heteroatoms. The van der Waals surface area contributed by atoms with Crippen LogP contribution in [0.2, 0.25) is 0 Å². The number of rotatable bonds is 5. The van der Waals surface area contributed by atoms with Gasteiger partial charge in [0.1, 0.15) is 17.1 Å². The molecule has 1 heterocycles. The van der Waals surface area contributed by atoms with Crippen LogP contribution in [0.1, 0.15) is 6.92 Å². The van der Waals surface area contributed by atoms with Crippen LogP contribution in [0.3, 0.4) is 0 Å².